The van der Waals surface area contributed by atoms with Crippen molar-refractivity contribution in [3.05, 3.63) is 58.1 Å². The highest BCUT2D eigenvalue weighted by molar-refractivity contribution is 6.47. The van der Waals surface area contributed by atoms with Crippen molar-refractivity contribution in [2.45, 2.75) is 19.9 Å². The Morgan fingerprint density at radius 3 is 2.47 bits per heavy atom. The lowest BCUT2D eigenvalue weighted by Gasteiger charge is -2.23. The van der Waals surface area contributed by atoms with Crippen molar-refractivity contribution in [3.8, 4) is 0 Å². The molecule has 2 unspecified atom stereocenters. The lowest BCUT2D eigenvalue weighted by Crippen LogP contribution is -2.39. The molecule has 154 valence electrons. The minimum atomic E-state index is -1.08. The van der Waals surface area contributed by atoms with Crippen LogP contribution in [0.25, 0.3) is 0 Å². The summed E-state index contributed by atoms with van der Waals surface area (Å²) in [7, 11) is 0. The van der Waals surface area contributed by atoms with Crippen LogP contribution in [0.3, 0.4) is 0 Å². The fraction of sp³-hybridized carbons (Fsp3) is 0.238. The maximum atomic E-state index is 13.4. The Bertz CT molecular complexity index is 1080. The van der Waals surface area contributed by atoms with Gasteiger partial charge in [0.2, 0.25) is 5.91 Å². The van der Waals surface area contributed by atoms with Crippen molar-refractivity contribution in [1.82, 2.24) is 0 Å². The molecular formula is C21H17Cl2N3O4. The number of anilines is 2. The van der Waals surface area contributed by atoms with Crippen LogP contribution in [0.2, 0.25) is 10.0 Å². The largest absolute Gasteiger partial charge is 0.461 e. The fourth-order valence-electron chi connectivity index (χ4n) is 3.67. The maximum absolute atomic E-state index is 13.4. The summed E-state index contributed by atoms with van der Waals surface area (Å²) in [6.45, 7) is 3.50. The zero-order valence-electron chi connectivity index (χ0n) is 16.1. The number of benzene rings is 2. The first kappa shape index (κ1) is 20.4. The second kappa shape index (κ2) is 7.74. The molecule has 0 saturated carbocycles. The molecule has 2 heterocycles. The Morgan fingerprint density at radius 1 is 1.10 bits per heavy atom. The first-order valence-corrected chi connectivity index (χ1v) is 10.0. The van der Waals surface area contributed by atoms with Gasteiger partial charge in [-0.3, -0.25) is 14.6 Å². The van der Waals surface area contributed by atoms with Crippen molar-refractivity contribution >= 4 is 58.1 Å². The third-order valence-corrected chi connectivity index (χ3v) is 5.77. The van der Waals surface area contributed by atoms with Gasteiger partial charge in [-0.05, 0) is 55.8 Å². The normalized spacial score (nSPS) is 20.5. The SMILES string of the molecule is CCOC(=O)C1=NN(c2ccc(Cl)cc2)C2C(=O)N(c3cccc(Cl)c3C)C(=O)C12. The summed E-state index contributed by atoms with van der Waals surface area (Å²) >= 11 is 12.2. The van der Waals surface area contributed by atoms with Gasteiger partial charge in [-0.25, -0.2) is 9.69 Å². The molecule has 9 heteroatoms. The first-order chi connectivity index (χ1) is 14.3. The van der Waals surface area contributed by atoms with Crippen molar-refractivity contribution in [1.29, 1.82) is 0 Å². The number of imide groups is 1. The minimum Gasteiger partial charge on any atom is -0.461 e. The molecule has 0 bridgehead atoms. The zero-order chi connectivity index (χ0) is 21.6. The second-order valence-electron chi connectivity index (χ2n) is 6.85. The minimum absolute atomic E-state index is 0.0997. The molecule has 0 spiro atoms. The summed E-state index contributed by atoms with van der Waals surface area (Å²) in [6.07, 6.45) is 0. The van der Waals surface area contributed by atoms with Gasteiger partial charge >= 0.3 is 5.97 Å². The smallest absolute Gasteiger partial charge is 0.355 e. The summed E-state index contributed by atoms with van der Waals surface area (Å²) in [5.74, 6) is -2.84. The number of hydrogen-bond donors (Lipinski definition) is 0. The van der Waals surface area contributed by atoms with Crippen LogP contribution in [0.4, 0.5) is 11.4 Å². The van der Waals surface area contributed by atoms with E-state index in [4.69, 9.17) is 27.9 Å². The highest BCUT2D eigenvalue weighted by Crippen LogP contribution is 2.40. The van der Waals surface area contributed by atoms with Gasteiger partial charge in [0.25, 0.3) is 5.91 Å². The number of fused-ring (bicyclic) bond motifs is 1. The molecule has 1 fully saturated rings. The number of rotatable bonds is 4. The summed E-state index contributed by atoms with van der Waals surface area (Å²) in [5, 5.41) is 6.62. The molecule has 0 aromatic heterocycles. The average molecular weight is 446 g/mol. The number of ether oxygens (including phenoxy) is 1. The number of carbonyl (C=O) groups is 3. The monoisotopic (exact) mass is 445 g/mol. The Balaban J connectivity index is 1.82. The van der Waals surface area contributed by atoms with Gasteiger partial charge in [0.05, 0.1) is 18.0 Å². The zero-order valence-corrected chi connectivity index (χ0v) is 17.6. The molecule has 4 rings (SSSR count). The number of hydrazone groups is 1. The van der Waals surface area contributed by atoms with E-state index >= 15 is 0 Å². The van der Waals surface area contributed by atoms with Crippen LogP contribution in [-0.2, 0) is 19.1 Å². The van der Waals surface area contributed by atoms with E-state index in [0.717, 1.165) is 4.90 Å². The van der Waals surface area contributed by atoms with E-state index in [0.29, 0.717) is 27.0 Å². The number of carbonyl (C=O) groups excluding carboxylic acids is 3. The van der Waals surface area contributed by atoms with Gasteiger partial charge in [-0.2, -0.15) is 5.10 Å². The second-order valence-corrected chi connectivity index (χ2v) is 7.69. The number of esters is 1. The molecule has 2 atom stereocenters. The van der Waals surface area contributed by atoms with E-state index in [2.05, 4.69) is 5.10 Å². The maximum Gasteiger partial charge on any atom is 0.355 e. The van der Waals surface area contributed by atoms with Gasteiger partial charge in [0.1, 0.15) is 12.0 Å². The Hall–Kier alpha value is -2.90. The molecule has 1 saturated heterocycles. The quantitative estimate of drug-likeness (QED) is 0.530. The average Bonchev–Trinajstić information content (AvgIpc) is 3.23. The van der Waals surface area contributed by atoms with Crippen LogP contribution in [0.1, 0.15) is 12.5 Å². The van der Waals surface area contributed by atoms with Gasteiger partial charge < -0.3 is 4.74 Å². The van der Waals surface area contributed by atoms with Crippen molar-refractivity contribution in [2.75, 3.05) is 16.5 Å². The highest BCUT2D eigenvalue weighted by Gasteiger charge is 2.59. The summed E-state index contributed by atoms with van der Waals surface area (Å²) in [4.78, 5) is 40.4. The van der Waals surface area contributed by atoms with E-state index in [-0.39, 0.29) is 12.3 Å². The van der Waals surface area contributed by atoms with E-state index in [9.17, 15) is 14.4 Å². The van der Waals surface area contributed by atoms with Gasteiger partial charge in [0, 0.05) is 10.0 Å². The molecule has 0 N–H and O–H groups in total. The van der Waals surface area contributed by atoms with Crippen LogP contribution < -0.4 is 9.91 Å². The van der Waals surface area contributed by atoms with Crippen LogP contribution in [-0.4, -0.2) is 36.1 Å². The van der Waals surface area contributed by atoms with Gasteiger partial charge in [-0.15, -0.1) is 0 Å². The van der Waals surface area contributed by atoms with E-state index < -0.39 is 29.7 Å². The third kappa shape index (κ3) is 3.14. The number of halogens is 2. The predicted molar refractivity (Wildman–Crippen MR) is 114 cm³/mol. The van der Waals surface area contributed by atoms with E-state index in [1.165, 1.54) is 5.01 Å². The van der Waals surface area contributed by atoms with Gasteiger partial charge in [-0.1, -0.05) is 29.3 Å². The molecule has 0 aliphatic carbocycles. The molecule has 2 aromatic carbocycles. The molecule has 30 heavy (non-hydrogen) atoms. The number of nitrogens with zero attached hydrogens (tertiary/aromatic N) is 3. The van der Waals surface area contributed by atoms with Crippen molar-refractivity contribution < 1.29 is 19.1 Å². The summed E-state index contributed by atoms with van der Waals surface area (Å²) < 4.78 is 5.08. The van der Waals surface area contributed by atoms with Gasteiger partial charge in [0.15, 0.2) is 5.71 Å². The molecule has 2 aromatic rings. The fourth-order valence-corrected chi connectivity index (χ4v) is 3.97. The van der Waals surface area contributed by atoms with Crippen molar-refractivity contribution in [3.63, 3.8) is 0 Å². The highest BCUT2D eigenvalue weighted by atomic mass is 35.5. The van der Waals surface area contributed by atoms with Crippen LogP contribution in [0, 0.1) is 12.8 Å². The standard InChI is InChI=1S/C21H17Cl2N3O4/c1-3-30-21(29)17-16-18(26(24-17)13-9-7-12(22)8-10-13)20(28)25(19(16)27)15-6-4-5-14(23)11(15)2/h4-10,16,18H,3H2,1-2H3. The molecule has 2 amide bonds. The lowest BCUT2D eigenvalue weighted by molar-refractivity contribution is -0.136. The Labute approximate surface area is 182 Å². The lowest BCUT2D eigenvalue weighted by atomic mass is 9.98. The molecular weight excluding hydrogens is 429 g/mol. The summed E-state index contributed by atoms with van der Waals surface area (Å²) in [5.41, 5.74) is 1.40. The van der Waals surface area contributed by atoms with Crippen LogP contribution >= 0.6 is 23.2 Å². The Morgan fingerprint density at radius 2 is 1.80 bits per heavy atom. The molecule has 7 nitrogen and oxygen atoms in total. The first-order valence-electron chi connectivity index (χ1n) is 9.28. The third-order valence-electron chi connectivity index (χ3n) is 5.10. The van der Waals surface area contributed by atoms with Crippen LogP contribution in [0.15, 0.2) is 47.6 Å². The Kier molecular flexibility index (Phi) is 5.26. The van der Waals surface area contributed by atoms with E-state index in [1.54, 1.807) is 56.3 Å². The summed E-state index contributed by atoms with van der Waals surface area (Å²) in [6, 6.07) is 10.6. The van der Waals surface area contributed by atoms with Crippen LogP contribution in [0.5, 0.6) is 0 Å². The number of amides is 2. The molecule has 0 radical (unpaired) electrons. The predicted octanol–water partition coefficient (Wildman–Crippen LogP) is 3.60. The molecule has 2 aliphatic heterocycles. The van der Waals surface area contributed by atoms with Crippen molar-refractivity contribution in [2.24, 2.45) is 11.0 Å². The van der Waals surface area contributed by atoms with E-state index in [1.807, 2.05) is 0 Å². The number of hydrogen-bond acceptors (Lipinski definition) is 6. The molecule has 2 aliphatic rings. The topological polar surface area (TPSA) is 79.3 Å².